The van der Waals surface area contributed by atoms with Crippen molar-refractivity contribution >= 4 is 29.4 Å². The average Bonchev–Trinajstić information content (AvgIpc) is 3.70. The van der Waals surface area contributed by atoms with Crippen molar-refractivity contribution in [3.05, 3.63) is 119 Å². The first-order chi connectivity index (χ1) is 21.8. The summed E-state index contributed by atoms with van der Waals surface area (Å²) in [5.74, 6) is 3.03. The van der Waals surface area contributed by atoms with E-state index >= 15 is 0 Å². The van der Waals surface area contributed by atoms with Crippen LogP contribution in [0.3, 0.4) is 0 Å². The van der Waals surface area contributed by atoms with Crippen LogP contribution in [0.15, 0.2) is 89.8 Å². The summed E-state index contributed by atoms with van der Waals surface area (Å²) < 4.78 is 5.25. The van der Waals surface area contributed by atoms with Crippen LogP contribution in [0.4, 0.5) is 5.69 Å². The molecule has 0 bridgehead atoms. The number of nitrogens with one attached hydrogen (secondary N) is 2. The Balaban J connectivity index is 1.24. The van der Waals surface area contributed by atoms with Gasteiger partial charge >= 0.3 is 5.97 Å². The zero-order valence-electron chi connectivity index (χ0n) is 24.7. The van der Waals surface area contributed by atoms with E-state index in [1.807, 2.05) is 35.2 Å². The Morgan fingerprint density at radius 3 is 2.53 bits per heavy atom. The number of carboxylic acid groups (broad SMARTS) is 1. The Morgan fingerprint density at radius 2 is 1.80 bits per heavy atom. The number of rotatable bonds is 9. The number of likely N-dealkylation sites (tertiary alicyclic amines) is 1. The largest absolute Gasteiger partial charge is 0.481 e. The second kappa shape index (κ2) is 14.3. The zero-order chi connectivity index (χ0) is 31.8. The fourth-order valence-corrected chi connectivity index (χ4v) is 5.20. The number of anilines is 1. The number of carbonyl (C=O) groups excluding carboxylic acids is 3. The van der Waals surface area contributed by atoms with Crippen LogP contribution in [0.25, 0.3) is 0 Å². The SMILES string of the molecule is Cc1ccoc1C(=O)Nc1cccc(C#Cc2cncc(C(=O)NC(=O)C(CCN3CCC(C(=O)O)C3)c3ccccc3)c2)c1. The first-order valence-corrected chi connectivity index (χ1v) is 14.5. The summed E-state index contributed by atoms with van der Waals surface area (Å²) in [6.07, 6.45) is 5.36. The van der Waals surface area contributed by atoms with E-state index in [1.54, 1.807) is 43.3 Å². The van der Waals surface area contributed by atoms with Gasteiger partial charge in [-0.2, -0.15) is 0 Å². The Labute approximate surface area is 260 Å². The van der Waals surface area contributed by atoms with Gasteiger partial charge in [0.15, 0.2) is 5.76 Å². The topological polar surface area (TPSA) is 142 Å². The lowest BCUT2D eigenvalue weighted by atomic mass is 9.94. The molecule has 45 heavy (non-hydrogen) atoms. The normalized spacial score (nSPS) is 15.0. The minimum Gasteiger partial charge on any atom is -0.481 e. The van der Waals surface area contributed by atoms with Gasteiger partial charge < -0.3 is 19.7 Å². The number of hydrogen-bond acceptors (Lipinski definition) is 7. The van der Waals surface area contributed by atoms with Gasteiger partial charge in [0.2, 0.25) is 5.91 Å². The molecule has 5 rings (SSSR count). The molecule has 1 saturated heterocycles. The number of furan rings is 1. The molecule has 2 aromatic heterocycles. The van der Waals surface area contributed by atoms with E-state index in [9.17, 15) is 24.3 Å². The van der Waals surface area contributed by atoms with Crippen molar-refractivity contribution in [2.24, 2.45) is 5.92 Å². The first kappa shape index (κ1) is 30.9. The van der Waals surface area contributed by atoms with Gasteiger partial charge in [0.05, 0.1) is 23.7 Å². The van der Waals surface area contributed by atoms with E-state index in [4.69, 9.17) is 4.42 Å². The Morgan fingerprint density at radius 1 is 1.00 bits per heavy atom. The van der Waals surface area contributed by atoms with Crippen molar-refractivity contribution < 1.29 is 28.7 Å². The summed E-state index contributed by atoms with van der Waals surface area (Å²) >= 11 is 0. The van der Waals surface area contributed by atoms with Crippen molar-refractivity contribution in [1.82, 2.24) is 15.2 Å². The van der Waals surface area contributed by atoms with E-state index in [2.05, 4.69) is 27.5 Å². The van der Waals surface area contributed by atoms with Crippen LogP contribution >= 0.6 is 0 Å². The second-order valence-electron chi connectivity index (χ2n) is 10.9. The van der Waals surface area contributed by atoms with Crippen LogP contribution in [0.5, 0.6) is 0 Å². The Kier molecular flexibility index (Phi) is 9.82. The predicted molar refractivity (Wildman–Crippen MR) is 167 cm³/mol. The molecule has 1 aliphatic heterocycles. The molecule has 228 valence electrons. The molecule has 0 aliphatic carbocycles. The molecular formula is C35H32N4O6. The molecule has 0 radical (unpaired) electrons. The highest BCUT2D eigenvalue weighted by Gasteiger charge is 2.30. The standard InChI is InChI=1S/C35H32N4O6/c1-23-14-17-45-31(23)34(42)37-29-9-5-6-24(19-29)10-11-25-18-28(21-36-20-25)32(40)38-33(41)30(26-7-3-2-4-8-26)13-16-39-15-12-27(22-39)35(43)44/h2-9,14,17-21,27,30H,12-13,15-16,22H2,1H3,(H,37,42)(H,43,44)(H,38,40,41). The first-order valence-electron chi connectivity index (χ1n) is 14.5. The maximum absolute atomic E-state index is 13.4. The number of pyridine rings is 1. The number of imide groups is 1. The minimum atomic E-state index is -0.806. The number of nitrogens with zero attached hydrogens (tertiary/aromatic N) is 2. The van der Waals surface area contributed by atoms with Crippen molar-refractivity contribution in [3.8, 4) is 11.8 Å². The highest BCUT2D eigenvalue weighted by atomic mass is 16.4. The van der Waals surface area contributed by atoms with Gasteiger partial charge in [-0.05, 0) is 68.8 Å². The number of carbonyl (C=O) groups is 4. The van der Waals surface area contributed by atoms with Gasteiger partial charge in [-0.25, -0.2) is 0 Å². The second-order valence-corrected chi connectivity index (χ2v) is 10.9. The summed E-state index contributed by atoms with van der Waals surface area (Å²) in [5, 5.41) is 14.6. The lowest BCUT2D eigenvalue weighted by molar-refractivity contribution is -0.141. The number of benzene rings is 2. The molecule has 4 aromatic rings. The number of aromatic nitrogens is 1. The fraction of sp³-hybridized carbons (Fsp3) is 0.229. The van der Waals surface area contributed by atoms with Crippen molar-refractivity contribution in [2.75, 3.05) is 25.0 Å². The zero-order valence-corrected chi connectivity index (χ0v) is 24.7. The summed E-state index contributed by atoms with van der Waals surface area (Å²) in [6.45, 7) is 3.42. The molecule has 0 spiro atoms. The van der Waals surface area contributed by atoms with Gasteiger partial charge in [-0.1, -0.05) is 48.2 Å². The number of hydrogen-bond donors (Lipinski definition) is 3. The third-order valence-corrected chi connectivity index (χ3v) is 7.65. The minimum absolute atomic E-state index is 0.181. The Hall–Kier alpha value is -5.53. The molecule has 2 atom stereocenters. The van der Waals surface area contributed by atoms with Crippen LogP contribution in [0.1, 0.15) is 61.9 Å². The molecule has 1 aliphatic rings. The molecule has 3 N–H and O–H groups in total. The van der Waals surface area contributed by atoms with Gasteiger partial charge in [0.25, 0.3) is 11.8 Å². The smallest absolute Gasteiger partial charge is 0.307 e. The summed E-state index contributed by atoms with van der Waals surface area (Å²) in [4.78, 5) is 56.5. The third kappa shape index (κ3) is 8.10. The predicted octanol–water partition coefficient (Wildman–Crippen LogP) is 4.47. The number of amides is 3. The lowest BCUT2D eigenvalue weighted by Crippen LogP contribution is -2.36. The molecule has 3 heterocycles. The molecule has 1 fully saturated rings. The monoisotopic (exact) mass is 604 g/mol. The maximum atomic E-state index is 13.4. The number of carboxylic acids is 1. The van der Waals surface area contributed by atoms with Gasteiger partial charge in [-0.15, -0.1) is 0 Å². The summed E-state index contributed by atoms with van der Waals surface area (Å²) in [7, 11) is 0. The highest BCUT2D eigenvalue weighted by Crippen LogP contribution is 2.23. The average molecular weight is 605 g/mol. The van der Waals surface area contributed by atoms with Gasteiger partial charge in [0.1, 0.15) is 0 Å². The molecule has 10 heteroatoms. The van der Waals surface area contributed by atoms with Crippen molar-refractivity contribution in [1.29, 1.82) is 0 Å². The number of aryl methyl sites for hydroxylation is 1. The molecular weight excluding hydrogens is 572 g/mol. The van der Waals surface area contributed by atoms with Crippen LogP contribution < -0.4 is 10.6 Å². The van der Waals surface area contributed by atoms with E-state index < -0.39 is 29.6 Å². The number of aliphatic carboxylic acids is 1. The highest BCUT2D eigenvalue weighted by molar-refractivity contribution is 6.06. The van der Waals surface area contributed by atoms with Gasteiger partial charge in [0, 0.05) is 41.3 Å². The molecule has 10 nitrogen and oxygen atoms in total. The quantitative estimate of drug-likeness (QED) is 0.238. The van der Waals surface area contributed by atoms with Crippen molar-refractivity contribution in [2.45, 2.75) is 25.7 Å². The summed E-state index contributed by atoms with van der Waals surface area (Å²) in [5.41, 5.74) is 3.33. The maximum Gasteiger partial charge on any atom is 0.307 e. The van der Waals surface area contributed by atoms with Crippen LogP contribution in [-0.4, -0.2) is 58.3 Å². The van der Waals surface area contributed by atoms with Gasteiger partial charge in [-0.3, -0.25) is 29.5 Å². The van der Waals surface area contributed by atoms with E-state index in [0.717, 1.165) is 11.1 Å². The fourth-order valence-electron chi connectivity index (χ4n) is 5.20. The molecule has 2 unspecified atom stereocenters. The van der Waals surface area contributed by atoms with E-state index in [1.165, 1.54) is 18.7 Å². The lowest BCUT2D eigenvalue weighted by Gasteiger charge is -2.21. The van der Waals surface area contributed by atoms with Crippen LogP contribution in [0.2, 0.25) is 0 Å². The van der Waals surface area contributed by atoms with E-state index in [0.29, 0.717) is 49.3 Å². The Bertz CT molecular complexity index is 1770. The van der Waals surface area contributed by atoms with Crippen LogP contribution in [-0.2, 0) is 9.59 Å². The molecule has 2 aromatic carbocycles. The molecule has 3 amide bonds. The van der Waals surface area contributed by atoms with E-state index in [-0.39, 0.29) is 17.2 Å². The molecule has 0 saturated carbocycles. The van der Waals surface area contributed by atoms with Crippen LogP contribution in [0, 0.1) is 24.7 Å². The third-order valence-electron chi connectivity index (χ3n) is 7.65. The van der Waals surface area contributed by atoms with Crippen molar-refractivity contribution in [3.63, 3.8) is 0 Å². The summed E-state index contributed by atoms with van der Waals surface area (Å²) in [6, 6.07) is 19.5.